The number of amides is 3. The molecule has 2 aliphatic heterocycles. The van der Waals surface area contributed by atoms with Crippen LogP contribution in [0.2, 0.25) is 0 Å². The summed E-state index contributed by atoms with van der Waals surface area (Å²) in [6, 6.07) is 5.20. The summed E-state index contributed by atoms with van der Waals surface area (Å²) >= 11 is 0. The third-order valence-electron chi connectivity index (χ3n) is 6.26. The summed E-state index contributed by atoms with van der Waals surface area (Å²) in [6.45, 7) is 8.99. The topological polar surface area (TPSA) is 111 Å². The number of hydrogen-bond acceptors (Lipinski definition) is 6. The fraction of sp³-hybridized carbons (Fsp3) is 0.625. The molecule has 2 heterocycles. The van der Waals surface area contributed by atoms with Gasteiger partial charge in [-0.2, -0.15) is 0 Å². The summed E-state index contributed by atoms with van der Waals surface area (Å²) in [4.78, 5) is 41.8. The number of hydrogen-bond donors (Lipinski definition) is 3. The Morgan fingerprint density at radius 2 is 2.15 bits per heavy atom. The van der Waals surface area contributed by atoms with Crippen molar-refractivity contribution in [1.29, 1.82) is 0 Å². The Hall–Kier alpha value is -2.65. The lowest BCUT2D eigenvalue weighted by molar-refractivity contribution is -0.137. The molecule has 3 N–H and O–H groups in total. The van der Waals surface area contributed by atoms with E-state index in [1.807, 2.05) is 18.7 Å². The molecule has 0 bridgehead atoms. The second kappa shape index (κ2) is 10.5. The van der Waals surface area contributed by atoms with E-state index < -0.39 is 18.1 Å². The Kier molecular flexibility index (Phi) is 7.97. The maximum Gasteiger partial charge on any atom is 0.273 e. The van der Waals surface area contributed by atoms with E-state index in [2.05, 4.69) is 10.6 Å². The van der Waals surface area contributed by atoms with Crippen molar-refractivity contribution in [3.63, 3.8) is 0 Å². The van der Waals surface area contributed by atoms with Crippen LogP contribution in [0.15, 0.2) is 18.2 Å². The minimum Gasteiger partial charge on any atom is -0.473 e. The number of aliphatic hydroxyl groups is 1. The highest BCUT2D eigenvalue weighted by Gasteiger charge is 2.44. The molecule has 33 heavy (non-hydrogen) atoms. The van der Waals surface area contributed by atoms with Crippen LogP contribution in [0.4, 0.5) is 5.69 Å². The summed E-state index contributed by atoms with van der Waals surface area (Å²) in [6.07, 6.45) is 2.31. The van der Waals surface area contributed by atoms with Gasteiger partial charge in [0.05, 0.1) is 12.3 Å². The normalized spacial score (nSPS) is 22.5. The van der Waals surface area contributed by atoms with E-state index in [1.54, 1.807) is 25.1 Å². The van der Waals surface area contributed by atoms with Gasteiger partial charge in [-0.25, -0.2) is 0 Å². The molecule has 0 aromatic heterocycles. The van der Waals surface area contributed by atoms with Crippen molar-refractivity contribution < 1.29 is 24.2 Å². The first-order chi connectivity index (χ1) is 15.7. The van der Waals surface area contributed by atoms with Crippen LogP contribution >= 0.6 is 0 Å². The van der Waals surface area contributed by atoms with Crippen LogP contribution in [0.25, 0.3) is 0 Å². The molecule has 3 rings (SSSR count). The molecule has 1 aromatic carbocycles. The van der Waals surface area contributed by atoms with Crippen LogP contribution < -0.4 is 20.3 Å². The third kappa shape index (κ3) is 5.30. The molecule has 2 aliphatic rings. The van der Waals surface area contributed by atoms with Crippen molar-refractivity contribution in [3.05, 3.63) is 23.8 Å². The van der Waals surface area contributed by atoms with Crippen molar-refractivity contribution in [1.82, 2.24) is 15.5 Å². The van der Waals surface area contributed by atoms with Gasteiger partial charge in [0.1, 0.15) is 5.75 Å². The average Bonchev–Trinajstić information content (AvgIpc) is 2.81. The lowest BCUT2D eigenvalue weighted by Crippen LogP contribution is -2.57. The monoisotopic (exact) mass is 460 g/mol. The van der Waals surface area contributed by atoms with Crippen LogP contribution in [0, 0.1) is 0 Å². The van der Waals surface area contributed by atoms with Gasteiger partial charge >= 0.3 is 0 Å². The molecule has 9 nitrogen and oxygen atoms in total. The number of anilines is 1. The second-order valence-corrected chi connectivity index (χ2v) is 9.14. The first kappa shape index (κ1) is 25.0. The van der Waals surface area contributed by atoms with Gasteiger partial charge < -0.3 is 30.3 Å². The highest BCUT2D eigenvalue weighted by atomic mass is 16.5. The zero-order chi connectivity index (χ0) is 24.2. The molecular weight excluding hydrogens is 424 g/mol. The minimum atomic E-state index is -1.43. The van der Waals surface area contributed by atoms with Gasteiger partial charge in [0.2, 0.25) is 11.5 Å². The van der Waals surface area contributed by atoms with Crippen molar-refractivity contribution in [2.45, 2.75) is 64.6 Å². The molecule has 9 heteroatoms. The zero-order valence-electron chi connectivity index (χ0n) is 20.0. The highest BCUT2D eigenvalue weighted by Crippen LogP contribution is 2.38. The van der Waals surface area contributed by atoms with Crippen LogP contribution in [0.3, 0.4) is 0 Å². The third-order valence-corrected chi connectivity index (χ3v) is 6.26. The first-order valence-corrected chi connectivity index (χ1v) is 11.8. The molecule has 2 atom stereocenters. The van der Waals surface area contributed by atoms with Crippen LogP contribution in [0.1, 0.15) is 57.3 Å². The van der Waals surface area contributed by atoms with Crippen molar-refractivity contribution in [2.75, 3.05) is 37.7 Å². The Labute approximate surface area is 195 Å². The smallest absolute Gasteiger partial charge is 0.273 e. The summed E-state index contributed by atoms with van der Waals surface area (Å²) < 4.78 is 5.86. The van der Waals surface area contributed by atoms with Gasteiger partial charge in [0.25, 0.3) is 11.8 Å². The standard InChI is InChI=1S/C24H36N4O5/c1-5-21(30)26-11-12-27-19-13-17(8-9-20(19)33-24(4,15-29)23(27)32)22(31)28(16(2)3)18-7-6-10-25-14-18/h8-9,13,16,18,25,29H,5-7,10-12,14-15H2,1-4H3,(H,26,30)/t18-,24?/m1/s1. The largest absolute Gasteiger partial charge is 0.473 e. The summed E-state index contributed by atoms with van der Waals surface area (Å²) in [5.74, 6) is -0.202. The van der Waals surface area contributed by atoms with Crippen LogP contribution in [0.5, 0.6) is 5.75 Å². The van der Waals surface area contributed by atoms with Crippen LogP contribution in [-0.4, -0.2) is 78.2 Å². The van der Waals surface area contributed by atoms with Crippen molar-refractivity contribution in [3.8, 4) is 5.75 Å². The number of carbonyl (C=O) groups is 3. The van der Waals surface area contributed by atoms with E-state index >= 15 is 0 Å². The zero-order valence-corrected chi connectivity index (χ0v) is 20.0. The van der Waals surface area contributed by atoms with Gasteiger partial charge in [-0.15, -0.1) is 0 Å². The number of nitrogens with one attached hydrogen (secondary N) is 2. The molecule has 0 radical (unpaired) electrons. The Morgan fingerprint density at radius 3 is 2.76 bits per heavy atom. The van der Waals surface area contributed by atoms with E-state index in [1.165, 1.54) is 11.8 Å². The van der Waals surface area contributed by atoms with Crippen molar-refractivity contribution >= 4 is 23.4 Å². The number of piperidine rings is 1. The van der Waals surface area contributed by atoms with Gasteiger partial charge in [-0.05, 0) is 58.4 Å². The Morgan fingerprint density at radius 1 is 1.39 bits per heavy atom. The molecule has 0 aliphatic carbocycles. The van der Waals surface area contributed by atoms with Crippen molar-refractivity contribution in [2.24, 2.45) is 0 Å². The van der Waals surface area contributed by atoms with E-state index in [0.717, 1.165) is 25.9 Å². The fourth-order valence-corrected chi connectivity index (χ4v) is 4.42. The predicted octanol–water partition coefficient (Wildman–Crippen LogP) is 1.29. The summed E-state index contributed by atoms with van der Waals surface area (Å²) in [5.41, 5.74) is -0.488. The maximum absolute atomic E-state index is 13.5. The van der Waals surface area contributed by atoms with Crippen LogP contribution in [-0.2, 0) is 9.59 Å². The highest BCUT2D eigenvalue weighted by molar-refractivity contribution is 6.04. The molecule has 1 aromatic rings. The van der Waals surface area contributed by atoms with E-state index in [4.69, 9.17) is 4.74 Å². The second-order valence-electron chi connectivity index (χ2n) is 9.14. The average molecular weight is 461 g/mol. The quantitative estimate of drug-likeness (QED) is 0.539. The molecule has 1 fully saturated rings. The van der Waals surface area contributed by atoms with Gasteiger partial charge in [-0.3, -0.25) is 14.4 Å². The lowest BCUT2D eigenvalue weighted by Gasteiger charge is -2.40. The predicted molar refractivity (Wildman–Crippen MR) is 125 cm³/mol. The Bertz CT molecular complexity index is 884. The Balaban J connectivity index is 1.92. The van der Waals surface area contributed by atoms with Gasteiger partial charge in [0.15, 0.2) is 0 Å². The maximum atomic E-state index is 13.5. The number of aliphatic hydroxyl groups excluding tert-OH is 1. The minimum absolute atomic E-state index is 0.0226. The number of nitrogens with zero attached hydrogens (tertiary/aromatic N) is 2. The molecule has 1 unspecified atom stereocenters. The molecule has 0 spiro atoms. The number of ether oxygens (including phenoxy) is 1. The molecule has 0 saturated carbocycles. The molecule has 3 amide bonds. The number of carbonyl (C=O) groups excluding carboxylic acids is 3. The summed E-state index contributed by atoms with van der Waals surface area (Å²) in [7, 11) is 0. The molecule has 1 saturated heterocycles. The summed E-state index contributed by atoms with van der Waals surface area (Å²) in [5, 5.41) is 16.0. The lowest BCUT2D eigenvalue weighted by atomic mass is 9.99. The fourth-order valence-electron chi connectivity index (χ4n) is 4.42. The first-order valence-electron chi connectivity index (χ1n) is 11.8. The van der Waals surface area contributed by atoms with E-state index in [-0.39, 0.29) is 37.0 Å². The van der Waals surface area contributed by atoms with Gasteiger partial charge in [0, 0.05) is 43.7 Å². The van der Waals surface area contributed by atoms with E-state index in [9.17, 15) is 19.5 Å². The number of rotatable bonds is 8. The number of fused-ring (bicyclic) bond motifs is 1. The molecular formula is C24H36N4O5. The van der Waals surface area contributed by atoms with E-state index in [0.29, 0.717) is 23.4 Å². The number of benzene rings is 1. The molecule has 182 valence electrons. The van der Waals surface area contributed by atoms with Gasteiger partial charge in [-0.1, -0.05) is 6.92 Å². The SMILES string of the molecule is CCC(=O)NCCN1C(=O)C(C)(CO)Oc2ccc(C(=O)N(C(C)C)[C@@H]3CCCNC3)cc21.